The number of urea groups is 1. The maximum Gasteiger partial charge on any atom is 0.320 e. The number of carbonyl (C=O) groups excluding carboxylic acids is 1. The number of benzene rings is 2. The standard InChI is InChI=1S/C26H33N5O3/c1-4-34-25-19(2)24(31(29-25)21-13-9-6-10-14-21)28-26(32)27-23-18-30(15-16-33-3)17-22(23)20-11-7-5-8-12-20/h5-14,22-23H,4,15-18H2,1-3H3,(H2,27,28,32)/t22-,23+/m1/s1. The van der Waals surface area contributed by atoms with E-state index in [0.29, 0.717) is 24.9 Å². The number of hydrogen-bond donors (Lipinski definition) is 2. The Labute approximate surface area is 200 Å². The van der Waals surface area contributed by atoms with Crippen molar-refractivity contribution in [3.8, 4) is 11.6 Å². The van der Waals surface area contributed by atoms with Crippen molar-refractivity contribution in [2.45, 2.75) is 25.8 Å². The lowest BCUT2D eigenvalue weighted by atomic mass is 9.94. The molecule has 0 spiro atoms. The Balaban J connectivity index is 1.54. The van der Waals surface area contributed by atoms with Crippen molar-refractivity contribution in [2.24, 2.45) is 0 Å². The van der Waals surface area contributed by atoms with Crippen LogP contribution in [-0.4, -0.2) is 66.7 Å². The lowest BCUT2D eigenvalue weighted by molar-refractivity contribution is 0.159. The number of ether oxygens (including phenoxy) is 2. The van der Waals surface area contributed by atoms with Crippen LogP contribution in [0.15, 0.2) is 60.7 Å². The van der Waals surface area contributed by atoms with Crippen LogP contribution in [0, 0.1) is 6.92 Å². The van der Waals surface area contributed by atoms with Gasteiger partial charge < -0.3 is 14.8 Å². The van der Waals surface area contributed by atoms with Gasteiger partial charge in [0.1, 0.15) is 5.82 Å². The predicted molar refractivity (Wildman–Crippen MR) is 133 cm³/mol. The van der Waals surface area contributed by atoms with E-state index in [9.17, 15) is 4.79 Å². The van der Waals surface area contributed by atoms with Crippen molar-refractivity contribution in [2.75, 3.05) is 45.3 Å². The molecular weight excluding hydrogens is 430 g/mol. The van der Waals surface area contributed by atoms with Crippen LogP contribution in [0.1, 0.15) is 24.0 Å². The summed E-state index contributed by atoms with van der Waals surface area (Å²) in [5.74, 6) is 1.30. The Bertz CT molecular complexity index is 1070. The van der Waals surface area contributed by atoms with E-state index in [1.54, 1.807) is 11.8 Å². The molecule has 3 aromatic rings. The number of nitrogens with zero attached hydrogens (tertiary/aromatic N) is 3. The van der Waals surface area contributed by atoms with Crippen LogP contribution < -0.4 is 15.4 Å². The van der Waals surface area contributed by atoms with Gasteiger partial charge >= 0.3 is 6.03 Å². The van der Waals surface area contributed by atoms with Gasteiger partial charge in [0.25, 0.3) is 0 Å². The first-order valence-corrected chi connectivity index (χ1v) is 11.7. The molecule has 0 unspecified atom stereocenters. The van der Waals surface area contributed by atoms with Crippen molar-refractivity contribution in [1.82, 2.24) is 20.0 Å². The lowest BCUT2D eigenvalue weighted by Crippen LogP contribution is -2.42. The highest BCUT2D eigenvalue weighted by molar-refractivity contribution is 5.90. The Morgan fingerprint density at radius 2 is 1.79 bits per heavy atom. The molecule has 2 aromatic carbocycles. The van der Waals surface area contributed by atoms with E-state index in [1.165, 1.54) is 5.56 Å². The maximum absolute atomic E-state index is 13.2. The van der Waals surface area contributed by atoms with Crippen LogP contribution in [0.5, 0.6) is 5.88 Å². The summed E-state index contributed by atoms with van der Waals surface area (Å²) in [4.78, 5) is 15.6. The molecule has 34 heavy (non-hydrogen) atoms. The molecule has 0 radical (unpaired) electrons. The van der Waals surface area contributed by atoms with Crippen molar-refractivity contribution in [3.05, 3.63) is 71.8 Å². The summed E-state index contributed by atoms with van der Waals surface area (Å²) in [6.45, 7) is 7.44. The van der Waals surface area contributed by atoms with E-state index in [-0.39, 0.29) is 18.0 Å². The van der Waals surface area contributed by atoms with Gasteiger partial charge in [0.2, 0.25) is 5.88 Å². The minimum Gasteiger partial charge on any atom is -0.477 e. The highest BCUT2D eigenvalue weighted by Gasteiger charge is 2.35. The van der Waals surface area contributed by atoms with Crippen LogP contribution in [0.2, 0.25) is 0 Å². The van der Waals surface area contributed by atoms with Crippen molar-refractivity contribution >= 4 is 11.8 Å². The van der Waals surface area contributed by atoms with E-state index in [2.05, 4.69) is 32.8 Å². The van der Waals surface area contributed by atoms with Crippen molar-refractivity contribution < 1.29 is 14.3 Å². The molecule has 180 valence electrons. The molecule has 4 rings (SSSR count). The summed E-state index contributed by atoms with van der Waals surface area (Å²) in [6.07, 6.45) is 0. The summed E-state index contributed by atoms with van der Waals surface area (Å²) in [6, 6.07) is 19.8. The molecule has 8 heteroatoms. The third kappa shape index (κ3) is 5.40. The lowest BCUT2D eigenvalue weighted by Gasteiger charge is -2.21. The molecule has 2 N–H and O–H groups in total. The highest BCUT2D eigenvalue weighted by Crippen LogP contribution is 2.30. The molecule has 0 saturated carbocycles. The topological polar surface area (TPSA) is 80.6 Å². The Morgan fingerprint density at radius 1 is 1.09 bits per heavy atom. The minimum absolute atomic E-state index is 0.0287. The first-order valence-electron chi connectivity index (χ1n) is 11.7. The average Bonchev–Trinajstić information content (AvgIpc) is 3.40. The molecule has 1 aliphatic heterocycles. The van der Waals surface area contributed by atoms with Gasteiger partial charge in [-0.05, 0) is 31.5 Å². The quantitative estimate of drug-likeness (QED) is 0.504. The van der Waals surface area contributed by atoms with Gasteiger partial charge in [-0.2, -0.15) is 0 Å². The highest BCUT2D eigenvalue weighted by atomic mass is 16.5. The number of hydrogen-bond acceptors (Lipinski definition) is 5. The second-order valence-corrected chi connectivity index (χ2v) is 8.43. The van der Waals surface area contributed by atoms with Crippen molar-refractivity contribution in [3.63, 3.8) is 0 Å². The molecule has 0 aliphatic carbocycles. The molecule has 1 aliphatic rings. The fourth-order valence-corrected chi connectivity index (χ4v) is 4.44. The molecule has 1 saturated heterocycles. The minimum atomic E-state index is -0.261. The van der Waals surface area contributed by atoms with Gasteiger partial charge in [0.05, 0.1) is 30.5 Å². The fraction of sp³-hybridized carbons (Fsp3) is 0.385. The molecule has 2 amide bonds. The summed E-state index contributed by atoms with van der Waals surface area (Å²) in [5, 5.41) is 10.8. The van der Waals surface area contributed by atoms with Crippen LogP contribution in [-0.2, 0) is 4.74 Å². The Hall–Kier alpha value is -3.36. The van der Waals surface area contributed by atoms with E-state index in [4.69, 9.17) is 9.47 Å². The summed E-state index contributed by atoms with van der Waals surface area (Å²) in [7, 11) is 1.71. The molecule has 8 nitrogen and oxygen atoms in total. The Morgan fingerprint density at radius 3 is 2.47 bits per heavy atom. The van der Waals surface area contributed by atoms with Crippen molar-refractivity contribution in [1.29, 1.82) is 0 Å². The predicted octanol–water partition coefficient (Wildman–Crippen LogP) is 3.82. The van der Waals surface area contributed by atoms with E-state index in [0.717, 1.165) is 30.9 Å². The number of likely N-dealkylation sites (tertiary alicyclic amines) is 1. The zero-order chi connectivity index (χ0) is 23.9. The molecule has 1 aromatic heterocycles. The summed E-state index contributed by atoms with van der Waals surface area (Å²) in [5.41, 5.74) is 2.85. The third-order valence-corrected chi connectivity index (χ3v) is 6.14. The van der Waals surface area contributed by atoms with Gasteiger partial charge in [-0.1, -0.05) is 48.5 Å². The van der Waals surface area contributed by atoms with Crippen LogP contribution in [0.3, 0.4) is 0 Å². The zero-order valence-electron chi connectivity index (χ0n) is 20.0. The second kappa shape index (κ2) is 11.2. The normalized spacial score (nSPS) is 18.1. The van der Waals surface area contributed by atoms with Gasteiger partial charge in [0.15, 0.2) is 0 Å². The van der Waals surface area contributed by atoms with Crippen LogP contribution >= 0.6 is 0 Å². The molecule has 0 bridgehead atoms. The first kappa shape index (κ1) is 23.8. The second-order valence-electron chi connectivity index (χ2n) is 8.43. The fourth-order valence-electron chi connectivity index (χ4n) is 4.44. The Kier molecular flexibility index (Phi) is 7.82. The number of methoxy groups -OCH3 is 1. The van der Waals surface area contributed by atoms with E-state index >= 15 is 0 Å². The van der Waals surface area contributed by atoms with Crippen LogP contribution in [0.25, 0.3) is 5.69 Å². The zero-order valence-corrected chi connectivity index (χ0v) is 20.0. The summed E-state index contributed by atoms with van der Waals surface area (Å²) >= 11 is 0. The smallest absolute Gasteiger partial charge is 0.320 e. The number of para-hydroxylation sites is 1. The molecular formula is C26H33N5O3. The van der Waals surface area contributed by atoms with Crippen LogP contribution in [0.4, 0.5) is 10.6 Å². The molecule has 2 heterocycles. The van der Waals surface area contributed by atoms with E-state index in [1.807, 2.05) is 62.4 Å². The van der Waals surface area contributed by atoms with E-state index < -0.39 is 0 Å². The average molecular weight is 464 g/mol. The van der Waals surface area contributed by atoms with Gasteiger partial charge in [-0.3, -0.25) is 10.2 Å². The molecule has 1 fully saturated rings. The number of nitrogens with one attached hydrogen (secondary N) is 2. The third-order valence-electron chi connectivity index (χ3n) is 6.14. The number of rotatable bonds is 9. The maximum atomic E-state index is 13.2. The SMILES string of the molecule is CCOc1nn(-c2ccccc2)c(NC(=O)N[C@H]2CN(CCOC)C[C@@H]2c2ccccc2)c1C. The number of anilines is 1. The number of aromatic nitrogens is 2. The monoisotopic (exact) mass is 463 g/mol. The first-order chi connectivity index (χ1) is 16.6. The number of amides is 2. The van der Waals surface area contributed by atoms with Gasteiger partial charge in [-0.15, -0.1) is 5.10 Å². The number of carbonyl (C=O) groups is 1. The molecule has 2 atom stereocenters. The van der Waals surface area contributed by atoms with Gasteiger partial charge in [-0.25, -0.2) is 9.48 Å². The summed E-state index contributed by atoms with van der Waals surface area (Å²) < 4.78 is 12.7. The largest absolute Gasteiger partial charge is 0.477 e. The van der Waals surface area contributed by atoms with Gasteiger partial charge in [0, 0.05) is 32.7 Å².